The number of nitriles is 1. The maximum atomic E-state index is 12.7. The van der Waals surface area contributed by atoms with Crippen LogP contribution in [0.2, 0.25) is 0 Å². The molecule has 0 saturated carbocycles. The highest BCUT2D eigenvalue weighted by Crippen LogP contribution is 2.38. The first-order valence-corrected chi connectivity index (χ1v) is 12.0. The molecule has 0 radical (unpaired) electrons. The highest BCUT2D eigenvalue weighted by atomic mass is 16.5. The van der Waals surface area contributed by atoms with E-state index in [9.17, 15) is 9.59 Å². The molecule has 1 aromatic carbocycles. The smallest absolute Gasteiger partial charge is 0.273 e. The normalized spacial score (nSPS) is 10.3. The molecule has 4 aromatic rings. The Morgan fingerprint density at radius 2 is 1.77 bits per heavy atom. The number of Topliss-reactive ketones (excluding diaryl/α,β-unsaturated/α-hetero) is 1. The largest absolute Gasteiger partial charge is 0.494 e. The van der Waals surface area contributed by atoms with E-state index in [0.29, 0.717) is 52.0 Å². The number of hydrogen-bond acceptors (Lipinski definition) is 10. The van der Waals surface area contributed by atoms with Gasteiger partial charge in [0.15, 0.2) is 11.5 Å². The van der Waals surface area contributed by atoms with Gasteiger partial charge in [0.25, 0.3) is 5.91 Å². The van der Waals surface area contributed by atoms with Gasteiger partial charge in [-0.15, -0.1) is 0 Å². The third-order valence-electron chi connectivity index (χ3n) is 5.69. The zero-order valence-corrected chi connectivity index (χ0v) is 21.9. The predicted octanol–water partition coefficient (Wildman–Crippen LogP) is 4.60. The second kappa shape index (κ2) is 11.8. The van der Waals surface area contributed by atoms with Gasteiger partial charge < -0.3 is 20.3 Å². The third kappa shape index (κ3) is 5.97. The molecule has 0 aliphatic heterocycles. The standard InChI is InChI=1S/C28H26N8O3/c1-5-24(37)19-14-32-26(35-25-11-6-8-17(13-29)33-25)12-21(19)34-20-10-7-9-18(27(20)39-4)22-15-31-23(16-30-22)28(38)36(2)3/h6-12,14-16H,5H2,1-4H3,(H2,32,33,34,35). The molecule has 0 fully saturated rings. The van der Waals surface area contributed by atoms with Crippen molar-refractivity contribution in [3.05, 3.63) is 78.0 Å². The van der Waals surface area contributed by atoms with Crippen LogP contribution < -0.4 is 15.4 Å². The summed E-state index contributed by atoms with van der Waals surface area (Å²) in [6.45, 7) is 1.78. The number of amides is 1. The van der Waals surface area contributed by atoms with Gasteiger partial charge in [-0.25, -0.2) is 15.0 Å². The number of methoxy groups -OCH3 is 1. The molecule has 0 spiro atoms. The average molecular weight is 523 g/mol. The van der Waals surface area contributed by atoms with Crippen LogP contribution in [0.3, 0.4) is 0 Å². The number of aromatic nitrogens is 4. The Hall–Kier alpha value is -5.37. The molecule has 39 heavy (non-hydrogen) atoms. The van der Waals surface area contributed by atoms with Crippen molar-refractivity contribution in [1.29, 1.82) is 5.26 Å². The van der Waals surface area contributed by atoms with E-state index in [-0.39, 0.29) is 23.1 Å². The Kier molecular flexibility index (Phi) is 8.06. The Bertz CT molecular complexity index is 1560. The molecule has 11 heteroatoms. The van der Waals surface area contributed by atoms with E-state index in [2.05, 4.69) is 30.6 Å². The first-order chi connectivity index (χ1) is 18.8. The summed E-state index contributed by atoms with van der Waals surface area (Å²) in [7, 11) is 4.83. The highest BCUT2D eigenvalue weighted by Gasteiger charge is 2.18. The fraction of sp³-hybridized carbons (Fsp3) is 0.179. The second-order valence-corrected chi connectivity index (χ2v) is 8.53. The van der Waals surface area contributed by atoms with Crippen molar-refractivity contribution in [2.24, 2.45) is 0 Å². The van der Waals surface area contributed by atoms with E-state index in [1.807, 2.05) is 24.3 Å². The number of hydrogen-bond donors (Lipinski definition) is 2. The minimum absolute atomic E-state index is 0.0942. The number of benzene rings is 1. The average Bonchev–Trinajstić information content (AvgIpc) is 2.96. The van der Waals surface area contributed by atoms with Crippen LogP contribution in [0.15, 0.2) is 61.1 Å². The Morgan fingerprint density at radius 3 is 2.44 bits per heavy atom. The van der Waals surface area contributed by atoms with Crippen molar-refractivity contribution in [2.75, 3.05) is 31.8 Å². The number of rotatable bonds is 9. The van der Waals surface area contributed by atoms with Crippen LogP contribution >= 0.6 is 0 Å². The Morgan fingerprint density at radius 1 is 0.974 bits per heavy atom. The van der Waals surface area contributed by atoms with Crippen LogP contribution in [0.25, 0.3) is 11.3 Å². The van der Waals surface area contributed by atoms with E-state index in [4.69, 9.17) is 10.00 Å². The molecule has 0 atom stereocenters. The van der Waals surface area contributed by atoms with Crippen LogP contribution in [-0.2, 0) is 0 Å². The third-order valence-corrected chi connectivity index (χ3v) is 5.69. The number of anilines is 4. The molecule has 0 aliphatic rings. The van der Waals surface area contributed by atoms with Crippen LogP contribution in [0.1, 0.15) is 39.9 Å². The molecular weight excluding hydrogens is 496 g/mol. The second-order valence-electron chi connectivity index (χ2n) is 8.53. The van der Waals surface area contributed by atoms with Crippen LogP contribution in [0.5, 0.6) is 5.75 Å². The van der Waals surface area contributed by atoms with Crippen LogP contribution in [0.4, 0.5) is 23.0 Å². The van der Waals surface area contributed by atoms with Gasteiger partial charge in [-0.2, -0.15) is 5.26 Å². The minimum atomic E-state index is -0.249. The quantitative estimate of drug-likeness (QED) is 0.299. The fourth-order valence-electron chi connectivity index (χ4n) is 3.75. The Balaban J connectivity index is 1.71. The van der Waals surface area contributed by atoms with Crippen molar-refractivity contribution < 1.29 is 14.3 Å². The summed E-state index contributed by atoms with van der Waals surface area (Å²) in [4.78, 5) is 43.6. The van der Waals surface area contributed by atoms with Crippen LogP contribution in [0, 0.1) is 11.3 Å². The minimum Gasteiger partial charge on any atom is -0.494 e. The number of pyridine rings is 2. The van der Waals surface area contributed by atoms with Crippen molar-refractivity contribution in [1.82, 2.24) is 24.8 Å². The highest BCUT2D eigenvalue weighted by molar-refractivity contribution is 6.02. The number of para-hydroxylation sites is 1. The lowest BCUT2D eigenvalue weighted by atomic mass is 10.1. The summed E-state index contributed by atoms with van der Waals surface area (Å²) in [5.74, 6) is 0.999. The van der Waals surface area contributed by atoms with Crippen molar-refractivity contribution in [3.63, 3.8) is 0 Å². The molecule has 11 nitrogen and oxygen atoms in total. The fourth-order valence-corrected chi connectivity index (χ4v) is 3.75. The summed E-state index contributed by atoms with van der Waals surface area (Å²) in [5.41, 5.74) is 3.14. The van der Waals surface area contributed by atoms with Crippen molar-refractivity contribution in [3.8, 4) is 23.1 Å². The van der Waals surface area contributed by atoms with Gasteiger partial charge in [0.1, 0.15) is 29.1 Å². The number of nitrogens with zero attached hydrogens (tertiary/aromatic N) is 6. The molecule has 0 aliphatic carbocycles. The van der Waals surface area contributed by atoms with E-state index < -0.39 is 0 Å². The van der Waals surface area contributed by atoms with Crippen molar-refractivity contribution in [2.45, 2.75) is 13.3 Å². The van der Waals surface area contributed by atoms with Crippen molar-refractivity contribution >= 4 is 34.7 Å². The topological polar surface area (TPSA) is 146 Å². The number of ketones is 1. The molecule has 2 N–H and O–H groups in total. The maximum absolute atomic E-state index is 12.7. The molecule has 196 valence electrons. The Labute approximate surface area is 225 Å². The lowest BCUT2D eigenvalue weighted by Gasteiger charge is -2.17. The van der Waals surface area contributed by atoms with Crippen LogP contribution in [-0.4, -0.2) is 57.7 Å². The van der Waals surface area contributed by atoms with Gasteiger partial charge in [-0.3, -0.25) is 14.6 Å². The number of nitrogens with one attached hydrogen (secondary N) is 2. The van der Waals surface area contributed by atoms with Gasteiger partial charge in [0, 0.05) is 38.3 Å². The molecule has 0 bridgehead atoms. The molecule has 3 aromatic heterocycles. The molecule has 3 heterocycles. The molecule has 1 amide bonds. The van der Waals surface area contributed by atoms with Gasteiger partial charge in [0.2, 0.25) is 0 Å². The maximum Gasteiger partial charge on any atom is 0.273 e. The first kappa shape index (κ1) is 26.7. The molecular formula is C28H26N8O3. The van der Waals surface area contributed by atoms with Gasteiger partial charge >= 0.3 is 0 Å². The number of carbonyl (C=O) groups is 2. The summed E-state index contributed by atoms with van der Waals surface area (Å²) in [6, 6.07) is 14.2. The van der Waals surface area contributed by atoms with E-state index in [1.54, 1.807) is 45.3 Å². The monoisotopic (exact) mass is 522 g/mol. The van der Waals surface area contributed by atoms with Gasteiger partial charge in [-0.1, -0.05) is 19.1 Å². The molecule has 0 saturated heterocycles. The summed E-state index contributed by atoms with van der Waals surface area (Å²) < 4.78 is 5.73. The van der Waals surface area contributed by atoms with E-state index in [1.165, 1.54) is 30.6 Å². The molecule has 0 unspecified atom stereocenters. The summed E-state index contributed by atoms with van der Waals surface area (Å²) in [6.07, 6.45) is 4.72. The SMILES string of the molecule is CCC(=O)c1cnc(Nc2cccc(C#N)n2)cc1Nc1cccc(-c2cnc(C(=O)N(C)C)cn2)c1OC. The number of carbonyl (C=O) groups excluding carboxylic acids is 2. The lowest BCUT2D eigenvalue weighted by molar-refractivity contribution is 0.0821. The zero-order chi connectivity index (χ0) is 27.9. The van der Waals surface area contributed by atoms with E-state index >= 15 is 0 Å². The molecule has 4 rings (SSSR count). The van der Waals surface area contributed by atoms with E-state index in [0.717, 1.165) is 0 Å². The summed E-state index contributed by atoms with van der Waals surface area (Å²) in [5, 5.41) is 15.5. The summed E-state index contributed by atoms with van der Waals surface area (Å²) >= 11 is 0. The van der Waals surface area contributed by atoms with Gasteiger partial charge in [0.05, 0.1) is 42.1 Å². The number of ether oxygens (including phenoxy) is 1. The zero-order valence-electron chi connectivity index (χ0n) is 21.9. The lowest BCUT2D eigenvalue weighted by Crippen LogP contribution is -2.22. The predicted molar refractivity (Wildman–Crippen MR) is 146 cm³/mol. The first-order valence-electron chi connectivity index (χ1n) is 12.0. The van der Waals surface area contributed by atoms with Gasteiger partial charge in [-0.05, 0) is 24.3 Å².